The Bertz CT molecular complexity index is 928. The molecule has 0 bridgehead atoms. The number of anilines is 2. The standard InChI is InChI=1S/C16H8Cl2FNO2/c17-9-3-1-8(2-4-9)13-14(16(22)15(13)21)20-10-5-6-12(19)11(18)7-10/h1-7,20H. The Kier molecular flexibility index (Phi) is 3.72. The first-order chi connectivity index (χ1) is 10.5. The first kappa shape index (κ1) is 14.8. The van der Waals surface area contributed by atoms with Gasteiger partial charge in [-0.3, -0.25) is 9.59 Å². The van der Waals surface area contributed by atoms with Gasteiger partial charge in [0.15, 0.2) is 0 Å². The van der Waals surface area contributed by atoms with E-state index in [9.17, 15) is 14.0 Å². The van der Waals surface area contributed by atoms with Crippen LogP contribution < -0.4 is 16.2 Å². The van der Waals surface area contributed by atoms with Gasteiger partial charge < -0.3 is 5.32 Å². The zero-order valence-corrected chi connectivity index (χ0v) is 12.5. The highest BCUT2D eigenvalue weighted by Crippen LogP contribution is 2.28. The van der Waals surface area contributed by atoms with Crippen molar-refractivity contribution in [3.8, 4) is 11.1 Å². The summed E-state index contributed by atoms with van der Waals surface area (Å²) in [5.74, 6) is -0.560. The number of rotatable bonds is 3. The van der Waals surface area contributed by atoms with E-state index in [4.69, 9.17) is 23.2 Å². The van der Waals surface area contributed by atoms with Gasteiger partial charge in [0.2, 0.25) is 5.43 Å². The Labute approximate surface area is 134 Å². The average Bonchev–Trinajstić information content (AvgIpc) is 2.51. The first-order valence-corrected chi connectivity index (χ1v) is 7.04. The van der Waals surface area contributed by atoms with E-state index in [1.807, 2.05) is 0 Å². The molecule has 6 heteroatoms. The minimum Gasteiger partial charge on any atom is -0.352 e. The maximum absolute atomic E-state index is 13.1. The van der Waals surface area contributed by atoms with Crippen molar-refractivity contribution >= 4 is 34.6 Å². The quantitative estimate of drug-likeness (QED) is 0.731. The lowest BCUT2D eigenvalue weighted by atomic mass is 9.98. The molecule has 0 spiro atoms. The van der Waals surface area contributed by atoms with Crippen LogP contribution in [0, 0.1) is 5.82 Å². The highest BCUT2D eigenvalue weighted by molar-refractivity contribution is 6.31. The van der Waals surface area contributed by atoms with E-state index >= 15 is 0 Å². The Morgan fingerprint density at radius 2 is 1.59 bits per heavy atom. The molecule has 0 aliphatic carbocycles. The van der Waals surface area contributed by atoms with E-state index in [1.54, 1.807) is 24.3 Å². The van der Waals surface area contributed by atoms with Gasteiger partial charge in [-0.15, -0.1) is 0 Å². The molecule has 0 aliphatic heterocycles. The van der Waals surface area contributed by atoms with Crippen molar-refractivity contribution in [2.75, 3.05) is 5.32 Å². The lowest BCUT2D eigenvalue weighted by molar-refractivity contribution is 0.628. The van der Waals surface area contributed by atoms with Gasteiger partial charge >= 0.3 is 0 Å². The summed E-state index contributed by atoms with van der Waals surface area (Å²) in [4.78, 5) is 23.6. The Morgan fingerprint density at radius 1 is 0.909 bits per heavy atom. The van der Waals surface area contributed by atoms with Crippen molar-refractivity contribution < 1.29 is 4.39 Å². The van der Waals surface area contributed by atoms with Crippen molar-refractivity contribution in [2.45, 2.75) is 0 Å². The molecule has 1 N–H and O–H groups in total. The lowest BCUT2D eigenvalue weighted by Gasteiger charge is -2.13. The van der Waals surface area contributed by atoms with Gasteiger partial charge in [-0.1, -0.05) is 35.3 Å². The van der Waals surface area contributed by atoms with E-state index in [0.29, 0.717) is 16.3 Å². The predicted octanol–water partition coefficient (Wildman–Crippen LogP) is 4.14. The van der Waals surface area contributed by atoms with Gasteiger partial charge in [-0.05, 0) is 35.9 Å². The zero-order valence-electron chi connectivity index (χ0n) is 11.0. The maximum atomic E-state index is 13.1. The van der Waals surface area contributed by atoms with E-state index in [1.165, 1.54) is 18.2 Å². The second-order valence-corrected chi connectivity index (χ2v) is 5.51. The fourth-order valence-corrected chi connectivity index (χ4v) is 2.43. The van der Waals surface area contributed by atoms with Gasteiger partial charge in [0.25, 0.3) is 5.43 Å². The first-order valence-electron chi connectivity index (χ1n) is 6.28. The molecule has 3 aromatic carbocycles. The van der Waals surface area contributed by atoms with Crippen molar-refractivity contribution in [3.05, 3.63) is 78.8 Å². The van der Waals surface area contributed by atoms with Gasteiger partial charge in [0, 0.05) is 10.7 Å². The van der Waals surface area contributed by atoms with E-state index in [2.05, 4.69) is 5.32 Å². The number of halogens is 3. The van der Waals surface area contributed by atoms with Crippen LogP contribution in [0.4, 0.5) is 15.8 Å². The summed E-state index contributed by atoms with van der Waals surface area (Å²) >= 11 is 11.5. The molecule has 0 heterocycles. The summed E-state index contributed by atoms with van der Waals surface area (Å²) in [7, 11) is 0. The second-order valence-electron chi connectivity index (χ2n) is 4.67. The smallest absolute Gasteiger partial charge is 0.250 e. The molecule has 0 unspecified atom stereocenters. The van der Waals surface area contributed by atoms with Crippen LogP contribution in [0.25, 0.3) is 11.1 Å². The van der Waals surface area contributed by atoms with Crippen LogP contribution in [0.3, 0.4) is 0 Å². The summed E-state index contributed by atoms with van der Waals surface area (Å²) in [6, 6.07) is 10.5. The highest BCUT2D eigenvalue weighted by atomic mass is 35.5. The fraction of sp³-hybridized carbons (Fsp3) is 0. The van der Waals surface area contributed by atoms with Crippen molar-refractivity contribution in [3.63, 3.8) is 0 Å². The van der Waals surface area contributed by atoms with Crippen molar-refractivity contribution in [1.29, 1.82) is 0 Å². The second kappa shape index (κ2) is 5.55. The Balaban J connectivity index is 2.00. The van der Waals surface area contributed by atoms with Crippen LogP contribution in [0.5, 0.6) is 0 Å². The van der Waals surface area contributed by atoms with Crippen LogP contribution in [0.1, 0.15) is 0 Å². The number of nitrogens with one attached hydrogen (secondary N) is 1. The molecule has 0 aromatic heterocycles. The molecule has 0 atom stereocenters. The number of hydrogen-bond donors (Lipinski definition) is 1. The maximum Gasteiger partial charge on any atom is 0.250 e. The molecule has 0 radical (unpaired) electrons. The third-order valence-corrected chi connectivity index (χ3v) is 3.77. The van der Waals surface area contributed by atoms with Gasteiger partial charge in [0.1, 0.15) is 11.5 Å². The highest BCUT2D eigenvalue weighted by Gasteiger charge is 2.22. The summed E-state index contributed by atoms with van der Waals surface area (Å²) in [5, 5.41) is 3.27. The lowest BCUT2D eigenvalue weighted by Crippen LogP contribution is -2.35. The van der Waals surface area contributed by atoms with Crippen LogP contribution in [0.15, 0.2) is 52.1 Å². The minimum atomic E-state index is -0.620. The molecule has 0 amide bonds. The van der Waals surface area contributed by atoms with E-state index in [-0.39, 0.29) is 16.3 Å². The summed E-state index contributed by atoms with van der Waals surface area (Å²) < 4.78 is 13.1. The molecule has 0 saturated heterocycles. The summed E-state index contributed by atoms with van der Waals surface area (Å²) in [5.41, 5.74) is 0.263. The number of benzene rings is 2. The minimum absolute atomic E-state index is 0.0725. The molecule has 22 heavy (non-hydrogen) atoms. The Hall–Kier alpha value is -2.17. The average molecular weight is 336 g/mol. The normalized spacial score (nSPS) is 10.9. The zero-order chi connectivity index (χ0) is 15.9. The molecule has 0 saturated carbocycles. The summed E-state index contributed by atoms with van der Waals surface area (Å²) in [6.45, 7) is 0. The third kappa shape index (κ3) is 2.51. The molecule has 3 rings (SSSR count). The topological polar surface area (TPSA) is 46.2 Å². The predicted molar refractivity (Wildman–Crippen MR) is 86.5 cm³/mol. The molecule has 0 fully saturated rings. The van der Waals surface area contributed by atoms with Crippen LogP contribution >= 0.6 is 23.2 Å². The summed E-state index contributed by atoms with van der Waals surface area (Å²) in [6.07, 6.45) is 0. The largest absolute Gasteiger partial charge is 0.352 e. The van der Waals surface area contributed by atoms with Crippen LogP contribution in [0.2, 0.25) is 10.0 Å². The molecule has 3 aromatic rings. The Morgan fingerprint density at radius 3 is 2.23 bits per heavy atom. The van der Waals surface area contributed by atoms with E-state index < -0.39 is 16.7 Å². The number of hydrogen-bond acceptors (Lipinski definition) is 3. The van der Waals surface area contributed by atoms with E-state index in [0.717, 1.165) is 0 Å². The van der Waals surface area contributed by atoms with Gasteiger partial charge in [0.05, 0.1) is 10.6 Å². The SMILES string of the molecule is O=c1c(Nc2ccc(F)c(Cl)c2)c(-c2ccc(Cl)cc2)c1=O. The van der Waals surface area contributed by atoms with Crippen molar-refractivity contribution in [1.82, 2.24) is 0 Å². The molecule has 110 valence electrons. The van der Waals surface area contributed by atoms with Gasteiger partial charge in [-0.2, -0.15) is 0 Å². The molecular formula is C16H8Cl2FNO2. The van der Waals surface area contributed by atoms with Crippen LogP contribution in [-0.2, 0) is 0 Å². The monoisotopic (exact) mass is 335 g/mol. The van der Waals surface area contributed by atoms with Crippen molar-refractivity contribution in [2.24, 2.45) is 0 Å². The fourth-order valence-electron chi connectivity index (χ4n) is 2.12. The molecular weight excluding hydrogens is 328 g/mol. The molecule has 3 nitrogen and oxygen atoms in total. The molecule has 0 aliphatic rings. The third-order valence-electron chi connectivity index (χ3n) is 3.23. The van der Waals surface area contributed by atoms with Crippen LogP contribution in [-0.4, -0.2) is 0 Å². The van der Waals surface area contributed by atoms with Gasteiger partial charge in [-0.25, -0.2) is 4.39 Å².